The topological polar surface area (TPSA) is 41.5 Å². The van der Waals surface area contributed by atoms with Gasteiger partial charge in [0.2, 0.25) is 0 Å². The quantitative estimate of drug-likeness (QED) is 0.805. The minimum Gasteiger partial charge on any atom is -0.377 e. The third-order valence-corrected chi connectivity index (χ3v) is 4.44. The molecular weight excluding hydrogens is 319 g/mol. The van der Waals surface area contributed by atoms with Crippen LogP contribution in [0.1, 0.15) is 23.4 Å². The number of benzene rings is 1. The number of nitrogens with zero attached hydrogens (tertiary/aromatic N) is 4. The summed E-state index contributed by atoms with van der Waals surface area (Å²) in [4.78, 5) is 13.5. The Balaban J connectivity index is 1.50. The first kappa shape index (κ1) is 17.9. The van der Waals surface area contributed by atoms with Crippen LogP contribution in [-0.2, 0) is 24.4 Å². The zero-order valence-corrected chi connectivity index (χ0v) is 14.7. The summed E-state index contributed by atoms with van der Waals surface area (Å²) in [6.45, 7) is 6.36. The van der Waals surface area contributed by atoms with Crippen molar-refractivity contribution < 1.29 is 9.13 Å². The van der Waals surface area contributed by atoms with E-state index in [-0.39, 0.29) is 5.82 Å². The summed E-state index contributed by atoms with van der Waals surface area (Å²) < 4.78 is 18.1. The van der Waals surface area contributed by atoms with Gasteiger partial charge in [-0.3, -0.25) is 9.80 Å². The number of hydrogen-bond acceptors (Lipinski definition) is 5. The molecule has 0 amide bonds. The molecule has 0 saturated carbocycles. The molecule has 0 atom stereocenters. The fraction of sp³-hybridized carbons (Fsp3) is 0.474. The number of methoxy groups -OCH3 is 1. The van der Waals surface area contributed by atoms with Crippen LogP contribution >= 0.6 is 0 Å². The lowest BCUT2D eigenvalue weighted by atomic mass is 10.2. The fourth-order valence-electron chi connectivity index (χ4n) is 3.11. The average molecular weight is 344 g/mol. The zero-order chi connectivity index (χ0) is 17.5. The molecule has 6 heteroatoms. The summed E-state index contributed by atoms with van der Waals surface area (Å²) >= 11 is 0. The second-order valence-electron chi connectivity index (χ2n) is 6.47. The molecule has 2 aromatic rings. The van der Waals surface area contributed by atoms with Gasteiger partial charge in [-0.2, -0.15) is 0 Å². The van der Waals surface area contributed by atoms with Crippen molar-refractivity contribution in [2.45, 2.75) is 26.1 Å². The normalized spacial score (nSPS) is 16.7. The lowest BCUT2D eigenvalue weighted by Crippen LogP contribution is -2.30. The van der Waals surface area contributed by atoms with Crippen molar-refractivity contribution in [3.8, 4) is 0 Å². The number of ether oxygens (including phenoxy) is 1. The predicted octanol–water partition coefficient (Wildman–Crippen LogP) is 2.47. The zero-order valence-electron chi connectivity index (χ0n) is 14.7. The van der Waals surface area contributed by atoms with Gasteiger partial charge >= 0.3 is 0 Å². The number of aromatic nitrogens is 2. The SMILES string of the molecule is COCc1ncc(CN2CCCN(Cc3ccc(F)cc3)CC2)cn1. The lowest BCUT2D eigenvalue weighted by Gasteiger charge is -2.21. The second-order valence-corrected chi connectivity index (χ2v) is 6.47. The number of halogens is 1. The Labute approximate surface area is 148 Å². The van der Waals surface area contributed by atoms with E-state index in [1.807, 2.05) is 24.5 Å². The molecule has 1 aliphatic rings. The van der Waals surface area contributed by atoms with Gasteiger partial charge in [0.05, 0.1) is 0 Å². The predicted molar refractivity (Wildman–Crippen MR) is 94.3 cm³/mol. The smallest absolute Gasteiger partial charge is 0.153 e. The highest BCUT2D eigenvalue weighted by Crippen LogP contribution is 2.12. The van der Waals surface area contributed by atoms with Gasteiger partial charge in [0, 0.05) is 51.2 Å². The highest BCUT2D eigenvalue weighted by Gasteiger charge is 2.15. The first-order chi connectivity index (χ1) is 12.2. The van der Waals surface area contributed by atoms with E-state index >= 15 is 0 Å². The van der Waals surface area contributed by atoms with Crippen LogP contribution in [0.15, 0.2) is 36.7 Å². The van der Waals surface area contributed by atoms with Crippen molar-refractivity contribution in [1.29, 1.82) is 0 Å². The van der Waals surface area contributed by atoms with Crippen LogP contribution in [0.3, 0.4) is 0 Å². The maximum absolute atomic E-state index is 13.0. The molecule has 3 rings (SSSR count). The monoisotopic (exact) mass is 344 g/mol. The molecule has 2 heterocycles. The van der Waals surface area contributed by atoms with Gasteiger partial charge in [0.25, 0.3) is 0 Å². The van der Waals surface area contributed by atoms with Crippen molar-refractivity contribution in [2.24, 2.45) is 0 Å². The molecule has 0 aliphatic carbocycles. The fourth-order valence-corrected chi connectivity index (χ4v) is 3.11. The maximum atomic E-state index is 13.0. The van der Waals surface area contributed by atoms with Gasteiger partial charge in [-0.1, -0.05) is 12.1 Å². The molecular formula is C19H25FN4O. The average Bonchev–Trinajstić information content (AvgIpc) is 2.84. The van der Waals surface area contributed by atoms with E-state index in [4.69, 9.17) is 4.74 Å². The second kappa shape index (κ2) is 8.99. The third kappa shape index (κ3) is 5.56. The van der Waals surface area contributed by atoms with Gasteiger partial charge in [-0.25, -0.2) is 14.4 Å². The van der Waals surface area contributed by atoms with Gasteiger partial charge in [-0.15, -0.1) is 0 Å². The van der Waals surface area contributed by atoms with Gasteiger partial charge in [0.15, 0.2) is 5.82 Å². The Morgan fingerprint density at radius 3 is 2.12 bits per heavy atom. The minimum absolute atomic E-state index is 0.176. The molecule has 1 aliphatic heterocycles. The standard InChI is InChI=1S/C19H25FN4O/c1-25-15-19-21-11-17(12-22-19)14-24-8-2-7-23(9-10-24)13-16-3-5-18(20)6-4-16/h3-6,11-12H,2,7-10,13-15H2,1H3. The summed E-state index contributed by atoms with van der Waals surface area (Å²) in [7, 11) is 1.65. The summed E-state index contributed by atoms with van der Waals surface area (Å²) in [6, 6.07) is 6.81. The molecule has 0 spiro atoms. The molecule has 1 saturated heterocycles. The van der Waals surface area contributed by atoms with E-state index in [1.165, 1.54) is 12.1 Å². The molecule has 25 heavy (non-hydrogen) atoms. The van der Waals surface area contributed by atoms with Crippen LogP contribution in [-0.4, -0.2) is 53.1 Å². The van der Waals surface area contributed by atoms with Crippen molar-refractivity contribution in [3.63, 3.8) is 0 Å². The Hall–Kier alpha value is -1.89. The molecule has 134 valence electrons. The molecule has 1 fully saturated rings. The number of rotatable bonds is 6. The van der Waals surface area contributed by atoms with E-state index < -0.39 is 0 Å². The Morgan fingerprint density at radius 1 is 0.920 bits per heavy atom. The van der Waals surface area contributed by atoms with Crippen LogP contribution in [0.4, 0.5) is 4.39 Å². The Morgan fingerprint density at radius 2 is 1.52 bits per heavy atom. The molecule has 1 aromatic carbocycles. The van der Waals surface area contributed by atoms with Crippen LogP contribution in [0.5, 0.6) is 0 Å². The molecule has 1 aromatic heterocycles. The number of hydrogen-bond donors (Lipinski definition) is 0. The molecule has 0 bridgehead atoms. The molecule has 0 unspecified atom stereocenters. The van der Waals surface area contributed by atoms with Crippen molar-refractivity contribution >= 4 is 0 Å². The van der Waals surface area contributed by atoms with E-state index in [0.29, 0.717) is 12.4 Å². The first-order valence-electron chi connectivity index (χ1n) is 8.71. The molecule has 0 N–H and O–H groups in total. The van der Waals surface area contributed by atoms with Crippen LogP contribution in [0, 0.1) is 5.82 Å². The highest BCUT2D eigenvalue weighted by molar-refractivity contribution is 5.16. The first-order valence-corrected chi connectivity index (χ1v) is 8.71. The van der Waals surface area contributed by atoms with Crippen molar-refractivity contribution in [3.05, 3.63) is 59.4 Å². The van der Waals surface area contributed by atoms with Crippen molar-refractivity contribution in [2.75, 3.05) is 33.3 Å². The van der Waals surface area contributed by atoms with Gasteiger partial charge < -0.3 is 4.74 Å². The van der Waals surface area contributed by atoms with E-state index in [2.05, 4.69) is 19.8 Å². The van der Waals surface area contributed by atoms with Crippen LogP contribution in [0.25, 0.3) is 0 Å². The van der Waals surface area contributed by atoms with E-state index in [1.54, 1.807) is 7.11 Å². The highest BCUT2D eigenvalue weighted by atomic mass is 19.1. The largest absolute Gasteiger partial charge is 0.377 e. The third-order valence-electron chi connectivity index (χ3n) is 4.44. The van der Waals surface area contributed by atoms with Crippen molar-refractivity contribution in [1.82, 2.24) is 19.8 Å². The van der Waals surface area contributed by atoms with Crippen LogP contribution in [0.2, 0.25) is 0 Å². The Bertz CT molecular complexity index is 647. The van der Waals surface area contributed by atoms with E-state index in [9.17, 15) is 4.39 Å². The maximum Gasteiger partial charge on any atom is 0.153 e. The van der Waals surface area contributed by atoms with Gasteiger partial charge in [-0.05, 0) is 37.2 Å². The summed E-state index contributed by atoms with van der Waals surface area (Å²) in [5, 5.41) is 0. The molecule has 5 nitrogen and oxygen atoms in total. The minimum atomic E-state index is -0.176. The lowest BCUT2D eigenvalue weighted by molar-refractivity contribution is 0.177. The summed E-state index contributed by atoms with van der Waals surface area (Å²) in [5.74, 6) is 0.539. The summed E-state index contributed by atoms with van der Waals surface area (Å²) in [6.07, 6.45) is 4.91. The van der Waals surface area contributed by atoms with Crippen LogP contribution < -0.4 is 0 Å². The Kier molecular flexibility index (Phi) is 6.44. The van der Waals surface area contributed by atoms with E-state index in [0.717, 1.165) is 56.8 Å². The van der Waals surface area contributed by atoms with Gasteiger partial charge in [0.1, 0.15) is 12.4 Å². The summed E-state index contributed by atoms with van der Waals surface area (Å²) in [5.41, 5.74) is 2.30. The molecule has 0 radical (unpaired) electrons.